The van der Waals surface area contributed by atoms with Crippen molar-refractivity contribution in [3.05, 3.63) is 39.7 Å². The molecule has 1 heterocycles. The largest absolute Gasteiger partial charge is 0.338 e. The molecule has 0 amide bonds. The van der Waals surface area contributed by atoms with Crippen LogP contribution in [0.25, 0.3) is 0 Å². The molecular weight excluding hydrogens is 339 g/mol. The van der Waals surface area contributed by atoms with Gasteiger partial charge in [-0.15, -0.1) is 0 Å². The molecule has 0 unspecified atom stereocenters. The number of nitrogens with one attached hydrogen (secondary N) is 1. The smallest absolute Gasteiger partial charge is 0.224 e. The number of aromatic nitrogens is 2. The predicted octanol–water partition coefficient (Wildman–Crippen LogP) is 4.43. The zero-order valence-electron chi connectivity index (χ0n) is 10.7. The molecule has 106 valence electrons. The molecule has 4 nitrogen and oxygen atoms in total. The van der Waals surface area contributed by atoms with Gasteiger partial charge in [0.05, 0.1) is 22.2 Å². The molecule has 0 radical (unpaired) electrons. The Morgan fingerprint density at radius 2 is 1.85 bits per heavy atom. The predicted molar refractivity (Wildman–Crippen MR) is 85.9 cm³/mol. The summed E-state index contributed by atoms with van der Waals surface area (Å²) in [5.74, 6) is 0.337. The molecule has 20 heavy (non-hydrogen) atoms. The minimum absolute atomic E-state index is 0.0663. The lowest BCUT2D eigenvalue weighted by molar-refractivity contribution is 0.588. The molecule has 0 aliphatic rings. The van der Waals surface area contributed by atoms with Crippen LogP contribution in [0.4, 0.5) is 11.5 Å². The highest BCUT2D eigenvalue weighted by Gasteiger charge is 2.20. The van der Waals surface area contributed by atoms with Gasteiger partial charge in [0.2, 0.25) is 5.28 Å². The van der Waals surface area contributed by atoms with Crippen molar-refractivity contribution in [3.63, 3.8) is 0 Å². The van der Waals surface area contributed by atoms with Crippen LogP contribution in [0.5, 0.6) is 0 Å². The lowest BCUT2D eigenvalue weighted by Crippen LogP contribution is -2.12. The summed E-state index contributed by atoms with van der Waals surface area (Å²) in [4.78, 5) is 7.77. The van der Waals surface area contributed by atoms with Crippen molar-refractivity contribution in [2.45, 2.75) is 0 Å². The van der Waals surface area contributed by atoms with Crippen molar-refractivity contribution in [2.75, 3.05) is 18.6 Å². The van der Waals surface area contributed by atoms with Gasteiger partial charge < -0.3 is 9.88 Å². The summed E-state index contributed by atoms with van der Waals surface area (Å²) in [5.41, 5.74) is 0.586. The third kappa shape index (κ3) is 3.44. The fourth-order valence-electron chi connectivity index (χ4n) is 1.72. The Kier molecular flexibility index (Phi) is 4.60. The number of halogens is 3. The van der Waals surface area contributed by atoms with Crippen LogP contribution < -0.4 is 10.6 Å². The SMILES string of the molecule is CP(C)(=O)c1c(Cl)cccc1Nc1nc(Cl)ncc1Cl. The quantitative estimate of drug-likeness (QED) is 0.657. The average molecular weight is 351 g/mol. The van der Waals surface area contributed by atoms with E-state index in [1.54, 1.807) is 31.5 Å². The van der Waals surface area contributed by atoms with Crippen LogP contribution in [-0.4, -0.2) is 23.3 Å². The molecule has 8 heteroatoms. The minimum Gasteiger partial charge on any atom is -0.338 e. The van der Waals surface area contributed by atoms with E-state index in [-0.39, 0.29) is 5.28 Å². The van der Waals surface area contributed by atoms with E-state index in [2.05, 4.69) is 15.3 Å². The summed E-state index contributed by atoms with van der Waals surface area (Å²) < 4.78 is 12.4. The van der Waals surface area contributed by atoms with E-state index in [0.29, 0.717) is 26.9 Å². The van der Waals surface area contributed by atoms with E-state index in [0.717, 1.165) is 0 Å². The summed E-state index contributed by atoms with van der Waals surface area (Å²) in [7, 11) is -2.57. The van der Waals surface area contributed by atoms with Crippen molar-refractivity contribution >= 4 is 58.8 Å². The third-order valence-corrected chi connectivity index (χ3v) is 4.96. The maximum Gasteiger partial charge on any atom is 0.224 e. The van der Waals surface area contributed by atoms with Gasteiger partial charge in [0.15, 0.2) is 5.82 Å². The van der Waals surface area contributed by atoms with Gasteiger partial charge in [-0.05, 0) is 37.1 Å². The summed E-state index contributed by atoms with van der Waals surface area (Å²) in [6.07, 6.45) is 1.39. The maximum absolute atomic E-state index is 12.4. The molecule has 1 N–H and O–H groups in total. The van der Waals surface area contributed by atoms with Crippen molar-refractivity contribution in [1.82, 2.24) is 9.97 Å². The molecular formula is C12H11Cl3N3OP. The van der Waals surface area contributed by atoms with Crippen LogP contribution in [0.3, 0.4) is 0 Å². The summed E-state index contributed by atoms with van der Waals surface area (Å²) in [5, 5.41) is 4.36. The fourth-order valence-corrected chi connectivity index (χ4v) is 4.08. The number of hydrogen-bond acceptors (Lipinski definition) is 4. The maximum atomic E-state index is 12.4. The van der Waals surface area contributed by atoms with E-state index in [9.17, 15) is 4.57 Å². The molecule has 0 aliphatic heterocycles. The van der Waals surface area contributed by atoms with Gasteiger partial charge in [0, 0.05) is 0 Å². The Morgan fingerprint density at radius 1 is 1.15 bits per heavy atom. The van der Waals surface area contributed by atoms with Crippen molar-refractivity contribution in [3.8, 4) is 0 Å². The number of anilines is 2. The van der Waals surface area contributed by atoms with E-state index >= 15 is 0 Å². The highest BCUT2D eigenvalue weighted by Crippen LogP contribution is 2.41. The van der Waals surface area contributed by atoms with Crippen LogP contribution >= 0.6 is 41.9 Å². The minimum atomic E-state index is -2.57. The van der Waals surface area contributed by atoms with Gasteiger partial charge in [-0.1, -0.05) is 29.3 Å². The first-order valence-electron chi connectivity index (χ1n) is 5.58. The van der Waals surface area contributed by atoms with E-state index in [1.807, 2.05) is 0 Å². The van der Waals surface area contributed by atoms with Crippen molar-refractivity contribution in [1.29, 1.82) is 0 Å². The Morgan fingerprint density at radius 3 is 2.50 bits per heavy atom. The van der Waals surface area contributed by atoms with Gasteiger partial charge in [-0.2, -0.15) is 4.98 Å². The number of benzene rings is 1. The van der Waals surface area contributed by atoms with E-state index in [1.165, 1.54) is 6.20 Å². The summed E-state index contributed by atoms with van der Waals surface area (Å²) >= 11 is 17.9. The Hall–Kier alpha value is -0.800. The van der Waals surface area contributed by atoms with Crippen LogP contribution in [0.15, 0.2) is 24.4 Å². The first-order valence-corrected chi connectivity index (χ1v) is 9.31. The highest BCUT2D eigenvalue weighted by atomic mass is 35.5. The zero-order valence-corrected chi connectivity index (χ0v) is 13.9. The van der Waals surface area contributed by atoms with E-state index in [4.69, 9.17) is 34.8 Å². The Balaban J connectivity index is 2.52. The molecule has 1 aromatic carbocycles. The number of hydrogen-bond donors (Lipinski definition) is 1. The van der Waals surface area contributed by atoms with Crippen LogP contribution in [0.2, 0.25) is 15.3 Å². The summed E-state index contributed by atoms with van der Waals surface area (Å²) in [6, 6.07) is 5.20. The van der Waals surface area contributed by atoms with Gasteiger partial charge in [0.25, 0.3) is 0 Å². The molecule has 0 aliphatic carbocycles. The molecule has 0 saturated heterocycles. The normalized spacial score (nSPS) is 11.4. The van der Waals surface area contributed by atoms with Gasteiger partial charge in [-0.3, -0.25) is 0 Å². The molecule has 0 saturated carbocycles. The highest BCUT2D eigenvalue weighted by molar-refractivity contribution is 7.70. The molecule has 2 rings (SSSR count). The molecule has 0 spiro atoms. The molecule has 2 aromatic rings. The molecule has 0 atom stereocenters. The monoisotopic (exact) mass is 349 g/mol. The first-order chi connectivity index (χ1) is 9.29. The van der Waals surface area contributed by atoms with Crippen molar-refractivity contribution in [2.24, 2.45) is 0 Å². The lowest BCUT2D eigenvalue weighted by atomic mass is 10.3. The van der Waals surface area contributed by atoms with Crippen molar-refractivity contribution < 1.29 is 4.57 Å². The number of rotatable bonds is 3. The second kappa shape index (κ2) is 5.90. The van der Waals surface area contributed by atoms with Crippen LogP contribution in [0, 0.1) is 0 Å². The lowest BCUT2D eigenvalue weighted by Gasteiger charge is -2.16. The standard InChI is InChI=1S/C12H11Cl3N3OP/c1-20(2,19)10-7(13)4-3-5-9(10)17-11-8(14)6-16-12(15)18-11/h3-6H,1-2H3,(H,16,17,18). The van der Waals surface area contributed by atoms with E-state index < -0.39 is 7.14 Å². The first kappa shape index (κ1) is 15.6. The average Bonchev–Trinajstić information content (AvgIpc) is 2.32. The Bertz CT molecular complexity index is 702. The molecule has 0 fully saturated rings. The second-order valence-electron chi connectivity index (χ2n) is 4.45. The summed E-state index contributed by atoms with van der Waals surface area (Å²) in [6.45, 7) is 3.29. The Labute approximate surface area is 131 Å². The molecule has 0 bridgehead atoms. The molecule has 1 aromatic heterocycles. The topological polar surface area (TPSA) is 54.9 Å². The number of nitrogens with zero attached hydrogens (tertiary/aromatic N) is 2. The fraction of sp³-hybridized carbons (Fsp3) is 0.167. The zero-order chi connectivity index (χ0) is 14.9. The third-order valence-electron chi connectivity index (χ3n) is 2.49. The van der Waals surface area contributed by atoms with Crippen LogP contribution in [-0.2, 0) is 4.57 Å². The van der Waals surface area contributed by atoms with Gasteiger partial charge >= 0.3 is 0 Å². The van der Waals surface area contributed by atoms with Crippen LogP contribution in [0.1, 0.15) is 0 Å². The van der Waals surface area contributed by atoms with Gasteiger partial charge in [0.1, 0.15) is 12.2 Å². The van der Waals surface area contributed by atoms with Gasteiger partial charge in [-0.25, -0.2) is 4.98 Å². The second-order valence-corrected chi connectivity index (χ2v) is 8.75.